The van der Waals surface area contributed by atoms with Crippen molar-refractivity contribution in [3.05, 3.63) is 147 Å². The van der Waals surface area contributed by atoms with Gasteiger partial charge in [-0.3, -0.25) is 19.8 Å². The van der Waals surface area contributed by atoms with Crippen molar-refractivity contribution in [1.82, 2.24) is 14.5 Å². The van der Waals surface area contributed by atoms with Gasteiger partial charge in [0.05, 0.1) is 9.82 Å². The van der Waals surface area contributed by atoms with Crippen molar-refractivity contribution in [2.24, 2.45) is 5.73 Å². The summed E-state index contributed by atoms with van der Waals surface area (Å²) < 4.78 is 29.2. The van der Waals surface area contributed by atoms with Gasteiger partial charge in [0.1, 0.15) is 5.69 Å². The molecule has 7 rings (SSSR count). The molecule has 338 valence electrons. The number of nitro groups is 1. The van der Waals surface area contributed by atoms with Crippen molar-refractivity contribution in [1.29, 1.82) is 0 Å². The summed E-state index contributed by atoms with van der Waals surface area (Å²) in [6.45, 7) is 4.51. The second-order valence-electron chi connectivity index (χ2n) is 15.6. The van der Waals surface area contributed by atoms with E-state index in [1.807, 2.05) is 79.7 Å². The minimum absolute atomic E-state index is 0. The van der Waals surface area contributed by atoms with E-state index in [-0.39, 0.29) is 71.1 Å². The Morgan fingerprint density at radius 2 is 1.71 bits per heavy atom. The minimum atomic E-state index is -4.45. The first-order valence-corrected chi connectivity index (χ1v) is 22.9. The van der Waals surface area contributed by atoms with Gasteiger partial charge in [-0.2, -0.15) is 0 Å². The van der Waals surface area contributed by atoms with Crippen molar-refractivity contribution in [3.63, 3.8) is 0 Å². The molecule has 0 aromatic heterocycles. The lowest BCUT2D eigenvalue weighted by Gasteiger charge is -2.46. The number of benzene rings is 5. The SMILES string of the molecule is CN(C)CC[C@H](CSc1ccccc1)Nc1ccc(S(=O)(=O)NC(=O)c2ccc3c(c2)CC[C@@H]2CN(Cc4cc(CN)ccc4-c4ccc(Cl)cc4)CCN32)cc1[N+](=O)[O-].Cl.Cl.Cl. The molecule has 2 aliphatic rings. The van der Waals surface area contributed by atoms with Crippen LogP contribution in [0.4, 0.5) is 17.1 Å². The van der Waals surface area contributed by atoms with Gasteiger partial charge in [-0.25, -0.2) is 13.1 Å². The number of carbonyl (C=O) groups is 1. The van der Waals surface area contributed by atoms with E-state index in [1.54, 1.807) is 23.9 Å². The number of thioether (sulfide) groups is 1. The molecule has 0 spiro atoms. The highest BCUT2D eigenvalue weighted by molar-refractivity contribution is 7.99. The van der Waals surface area contributed by atoms with Crippen LogP contribution in [-0.4, -0.2) is 87.2 Å². The van der Waals surface area contributed by atoms with Gasteiger partial charge in [0.2, 0.25) is 0 Å². The Balaban J connectivity index is 0.00000290. The molecule has 1 amide bonds. The van der Waals surface area contributed by atoms with Gasteiger partial charge in [0.15, 0.2) is 0 Å². The number of sulfonamides is 1. The molecule has 1 saturated heterocycles. The highest BCUT2D eigenvalue weighted by atomic mass is 35.5. The van der Waals surface area contributed by atoms with Crippen LogP contribution >= 0.6 is 60.6 Å². The molecule has 5 aromatic rings. The molecule has 18 heteroatoms. The summed E-state index contributed by atoms with van der Waals surface area (Å²) in [7, 11) is -0.523. The van der Waals surface area contributed by atoms with Crippen LogP contribution in [0.3, 0.4) is 0 Å². The third-order valence-electron chi connectivity index (χ3n) is 11.1. The average molecular weight is 978 g/mol. The first-order chi connectivity index (χ1) is 28.9. The number of hydrogen-bond acceptors (Lipinski definition) is 11. The summed E-state index contributed by atoms with van der Waals surface area (Å²) in [5.74, 6) is -0.160. The van der Waals surface area contributed by atoms with Crippen LogP contribution in [0.2, 0.25) is 5.02 Å². The second kappa shape index (κ2) is 23.2. The predicted molar refractivity (Wildman–Crippen MR) is 263 cm³/mol. The number of nitrogens with zero attached hydrogens (tertiary/aromatic N) is 4. The quantitative estimate of drug-likeness (QED) is 0.0494. The standard InChI is InChI=1S/C45H50ClN7O5S2.3ClH/c1-50(2)21-20-37(30-59-39-6-4-3-5-7-39)48-42-18-16-40(26-44(42)53(55)56)60(57,58)49-45(54)34-12-19-43-33(25-34)11-15-38-29-51(22-23-52(38)43)28-35-24-31(27-47)8-17-41(35)32-9-13-36(46)14-10-32;;;/h3-10,12-14,16-19,24-26,37-38,48H,11,15,20-23,27-30,47H2,1-2H3,(H,49,54);3*1H/t37-,38-;;;/m1.../s1. The van der Waals surface area contributed by atoms with Crippen LogP contribution in [0.25, 0.3) is 11.1 Å². The summed E-state index contributed by atoms with van der Waals surface area (Å²) >= 11 is 7.82. The maximum absolute atomic E-state index is 13.5. The summed E-state index contributed by atoms with van der Waals surface area (Å²) in [5, 5.41) is 16.3. The number of amides is 1. The Morgan fingerprint density at radius 3 is 2.41 bits per heavy atom. The Bertz CT molecular complexity index is 2450. The van der Waals surface area contributed by atoms with Gasteiger partial charge in [-0.1, -0.05) is 60.1 Å². The molecule has 0 bridgehead atoms. The molecule has 0 aliphatic carbocycles. The summed E-state index contributed by atoms with van der Waals surface area (Å²) in [5.41, 5.74) is 12.6. The van der Waals surface area contributed by atoms with E-state index in [1.165, 1.54) is 17.7 Å². The number of nitrogens with two attached hydrogens (primary N) is 1. The number of carbonyl (C=O) groups excluding carboxylic acids is 1. The number of fused-ring (bicyclic) bond motifs is 3. The van der Waals surface area contributed by atoms with Crippen molar-refractivity contribution < 1.29 is 18.1 Å². The molecule has 63 heavy (non-hydrogen) atoms. The van der Waals surface area contributed by atoms with Crippen LogP contribution in [0.5, 0.6) is 0 Å². The lowest BCUT2D eigenvalue weighted by molar-refractivity contribution is -0.384. The Morgan fingerprint density at radius 1 is 0.968 bits per heavy atom. The number of anilines is 2. The molecule has 12 nitrogen and oxygen atoms in total. The minimum Gasteiger partial charge on any atom is -0.376 e. The Hall–Kier alpha value is -4.09. The zero-order valence-electron chi connectivity index (χ0n) is 34.9. The summed E-state index contributed by atoms with van der Waals surface area (Å²) in [4.78, 5) is 32.8. The Labute approximate surface area is 397 Å². The predicted octanol–water partition coefficient (Wildman–Crippen LogP) is 8.92. The van der Waals surface area contributed by atoms with Crippen molar-refractivity contribution in [3.8, 4) is 11.1 Å². The molecule has 1 fully saturated rings. The zero-order valence-corrected chi connectivity index (χ0v) is 39.8. The number of piperazine rings is 1. The number of nitrogens with one attached hydrogen (secondary N) is 2. The van der Waals surface area contributed by atoms with Gasteiger partial charge in [-0.15, -0.1) is 49.0 Å². The van der Waals surface area contributed by atoms with E-state index < -0.39 is 20.9 Å². The zero-order chi connectivity index (χ0) is 42.4. The molecule has 2 atom stereocenters. The number of rotatable bonds is 16. The molecular formula is C45H53Cl4N7O5S2. The number of halogens is 4. The smallest absolute Gasteiger partial charge is 0.293 e. The van der Waals surface area contributed by atoms with Crippen LogP contribution < -0.4 is 20.7 Å². The third kappa shape index (κ3) is 13.0. The highest BCUT2D eigenvalue weighted by Crippen LogP contribution is 2.36. The first kappa shape index (κ1) is 51.5. The highest BCUT2D eigenvalue weighted by Gasteiger charge is 2.33. The van der Waals surface area contributed by atoms with Gasteiger partial charge >= 0.3 is 0 Å². The number of aryl methyl sites for hydroxylation is 1. The molecule has 2 heterocycles. The monoisotopic (exact) mass is 975 g/mol. The van der Waals surface area contributed by atoms with E-state index >= 15 is 0 Å². The number of hydrogen-bond donors (Lipinski definition) is 3. The molecule has 5 aromatic carbocycles. The molecule has 4 N–H and O–H groups in total. The maximum Gasteiger partial charge on any atom is 0.293 e. The van der Waals surface area contributed by atoms with E-state index in [0.29, 0.717) is 23.7 Å². The molecule has 0 radical (unpaired) electrons. The Kier molecular flexibility index (Phi) is 19.0. The van der Waals surface area contributed by atoms with E-state index in [9.17, 15) is 23.3 Å². The van der Waals surface area contributed by atoms with Crippen molar-refractivity contribution >= 4 is 93.6 Å². The fourth-order valence-electron chi connectivity index (χ4n) is 7.95. The molecule has 0 saturated carbocycles. The lowest BCUT2D eigenvalue weighted by Crippen LogP contribution is -2.54. The van der Waals surface area contributed by atoms with E-state index in [4.69, 9.17) is 17.3 Å². The van der Waals surface area contributed by atoms with Crippen LogP contribution in [0, 0.1) is 10.1 Å². The van der Waals surface area contributed by atoms with Crippen LogP contribution in [0.15, 0.2) is 119 Å². The maximum atomic E-state index is 13.5. The van der Waals surface area contributed by atoms with E-state index in [0.717, 1.165) is 84.5 Å². The number of nitro benzene ring substituents is 1. The summed E-state index contributed by atoms with van der Waals surface area (Å²) in [6, 6.07) is 33.3. The fraction of sp³-hybridized carbons (Fsp3) is 0.311. The van der Waals surface area contributed by atoms with Gasteiger partial charge in [0.25, 0.3) is 21.6 Å². The third-order valence-corrected chi connectivity index (χ3v) is 13.9. The fourth-order valence-corrected chi connectivity index (χ4v) is 10.1. The van der Waals surface area contributed by atoms with Crippen molar-refractivity contribution in [2.75, 3.05) is 56.2 Å². The molecular weight excluding hydrogens is 924 g/mol. The molecule has 0 unspecified atom stereocenters. The normalized spacial score (nSPS) is 15.1. The first-order valence-electron chi connectivity index (χ1n) is 20.0. The van der Waals surface area contributed by atoms with E-state index in [2.05, 4.69) is 38.0 Å². The van der Waals surface area contributed by atoms with Crippen LogP contribution in [0.1, 0.15) is 39.9 Å². The topological polar surface area (TPSA) is 154 Å². The average Bonchev–Trinajstić information content (AvgIpc) is 3.24. The van der Waals surface area contributed by atoms with Gasteiger partial charge < -0.3 is 20.9 Å². The van der Waals surface area contributed by atoms with Gasteiger partial charge in [0, 0.05) is 77.8 Å². The largest absolute Gasteiger partial charge is 0.376 e. The van der Waals surface area contributed by atoms with Gasteiger partial charge in [-0.05, 0) is 122 Å². The lowest BCUT2D eigenvalue weighted by atomic mass is 9.92. The molecule has 2 aliphatic heterocycles. The summed E-state index contributed by atoms with van der Waals surface area (Å²) in [6.07, 6.45) is 2.32. The van der Waals surface area contributed by atoms with Crippen LogP contribution in [-0.2, 0) is 29.5 Å². The second-order valence-corrected chi connectivity index (χ2v) is 18.8. The van der Waals surface area contributed by atoms with Crippen molar-refractivity contribution in [2.45, 2.75) is 54.2 Å².